The Kier molecular flexibility index (Phi) is 20.1. The number of hydrogen-bond acceptors (Lipinski definition) is 15. The van der Waals surface area contributed by atoms with Gasteiger partial charge in [0.1, 0.15) is 11.5 Å². The second kappa shape index (κ2) is 29.2. The Labute approximate surface area is 711 Å². The lowest BCUT2D eigenvalue weighted by Gasteiger charge is -2.38. The maximum Gasteiger partial charge on any atom is 0.411 e. The van der Waals surface area contributed by atoms with E-state index in [-0.39, 0.29) is 87.4 Å². The van der Waals surface area contributed by atoms with Crippen LogP contribution in [0.2, 0.25) is 0 Å². The number of hydrogen-bond donors (Lipinski definition) is 3. The van der Waals surface area contributed by atoms with E-state index in [0.717, 1.165) is 33.2 Å². The lowest BCUT2D eigenvalue weighted by molar-refractivity contribution is -0.290. The molecule has 3 N–H and O–H groups in total. The molecule has 0 radical (unpaired) electrons. The van der Waals surface area contributed by atoms with Crippen molar-refractivity contribution in [1.82, 2.24) is 9.80 Å². The number of nitrogens with zero attached hydrogens (tertiary/aromatic N) is 6. The van der Waals surface area contributed by atoms with Crippen molar-refractivity contribution in [2.45, 2.75) is 87.9 Å². The number of carbonyl (C=O) groups excluding carboxylic acids is 12. The van der Waals surface area contributed by atoms with E-state index >= 15 is 52.7 Å². The van der Waals surface area contributed by atoms with E-state index in [2.05, 4.69) is 0 Å². The van der Waals surface area contributed by atoms with Crippen LogP contribution in [0.3, 0.4) is 0 Å². The van der Waals surface area contributed by atoms with Crippen molar-refractivity contribution in [3.8, 4) is 22.6 Å². The van der Waals surface area contributed by atoms with Gasteiger partial charge in [-0.1, -0.05) is 60.7 Å². The molecule has 0 atom stereocenters. The number of phenolic OH excluding ortho intramolecular Hbond substituents is 2. The SMILES string of the molecule is Cc1cc(C(=O)O)cc(N2C(=O)c3ccc(C(c4ccc5c(c4)C(=O)N(c4c(C)cc(C)c(N6C(=O)c7ccc(C(c8ccc9c(c8)C(=O)N(C)C9=O)(C(F)(F)F)C(F)(F)F)cc7C6=O)c4C)C5=O)(C(F)(F)F)C(F)(F)F)cc3C2=O)c1.Cc1ccc(-c2ccc(N3C(=O)c4ccc(C(c5ccc6c(c5)C(=O)N(C)C6=O)(C(F)(F)F)C(F)(F)F)cc4C3=O)c(O)c2)cc1O. The molecule has 22 nitrogen and oxygen atoms in total. The number of imide groups is 6. The van der Waals surface area contributed by atoms with E-state index in [1.54, 1.807) is 19.1 Å². The fourth-order valence-corrected chi connectivity index (χ4v) is 17.4. The van der Waals surface area contributed by atoms with E-state index in [1.807, 2.05) is 0 Å². The molecule has 0 aliphatic carbocycles. The summed E-state index contributed by atoms with van der Waals surface area (Å²) in [7, 11) is 1.97. The molecule has 0 spiro atoms. The maximum atomic E-state index is 15.7. The number of aromatic hydroxyl groups is 2. The Morgan fingerprint density at radius 3 is 0.845 bits per heavy atom. The smallest absolute Gasteiger partial charge is 0.411 e. The number of halogens is 18. The molecule has 40 heteroatoms. The van der Waals surface area contributed by atoms with E-state index in [0.29, 0.717) is 113 Å². The van der Waals surface area contributed by atoms with E-state index in [9.17, 15) is 104 Å². The van der Waals surface area contributed by atoms with Gasteiger partial charge in [0, 0.05) is 14.1 Å². The van der Waals surface area contributed by atoms with Gasteiger partial charge in [0.15, 0.2) is 0 Å². The van der Waals surface area contributed by atoms with Gasteiger partial charge in [0.2, 0.25) is 16.2 Å². The number of phenols is 2. The summed E-state index contributed by atoms with van der Waals surface area (Å²) in [6, 6.07) is 19.7. The summed E-state index contributed by atoms with van der Waals surface area (Å²) in [5.74, 6) is -17.3. The second-order valence-electron chi connectivity index (χ2n) is 30.8. The number of alkyl halides is 18. The van der Waals surface area contributed by atoms with E-state index in [1.165, 1.54) is 57.2 Å². The number of carboxylic acid groups (broad SMARTS) is 1. The molecule has 660 valence electrons. The van der Waals surface area contributed by atoms with Gasteiger partial charge in [-0.25, -0.2) is 24.4 Å². The Bertz CT molecular complexity index is 6820. The van der Waals surface area contributed by atoms with Crippen LogP contribution >= 0.6 is 0 Å². The van der Waals surface area contributed by atoms with Crippen molar-refractivity contribution in [3.05, 3.63) is 303 Å². The van der Waals surface area contributed by atoms with Crippen LogP contribution in [0.5, 0.6) is 11.5 Å². The lowest BCUT2D eigenvalue weighted by atomic mass is 9.71. The zero-order valence-electron chi connectivity index (χ0n) is 66.3. The van der Waals surface area contributed by atoms with Gasteiger partial charge in [0.25, 0.3) is 70.9 Å². The van der Waals surface area contributed by atoms with E-state index < -0.39 is 247 Å². The van der Waals surface area contributed by atoms with Crippen molar-refractivity contribution >= 4 is 99.6 Å². The van der Waals surface area contributed by atoms with Crippen LogP contribution in [-0.2, 0) is 16.2 Å². The number of fused-ring (bicyclic) bond motifs is 6. The van der Waals surface area contributed by atoms with Crippen molar-refractivity contribution in [2.24, 2.45) is 0 Å². The maximum absolute atomic E-state index is 15.7. The molecule has 0 fully saturated rings. The lowest BCUT2D eigenvalue weighted by Crippen LogP contribution is -2.55. The molecule has 10 aromatic rings. The van der Waals surface area contributed by atoms with Gasteiger partial charge in [-0.05, 0) is 216 Å². The van der Waals surface area contributed by atoms with Gasteiger partial charge in [-0.15, -0.1) is 0 Å². The van der Waals surface area contributed by atoms with E-state index in [4.69, 9.17) is 0 Å². The first-order valence-corrected chi connectivity index (χ1v) is 37.4. The van der Waals surface area contributed by atoms with Gasteiger partial charge in [0.05, 0.1) is 95.1 Å². The molecule has 0 saturated heterocycles. The second-order valence-corrected chi connectivity index (χ2v) is 30.8. The molecule has 6 aliphatic heterocycles. The Balaban J connectivity index is 0.000000230. The predicted octanol–water partition coefficient (Wildman–Crippen LogP) is 17.6. The van der Waals surface area contributed by atoms with Crippen LogP contribution in [0.25, 0.3) is 11.1 Å². The monoisotopic (exact) mass is 1800 g/mol. The van der Waals surface area contributed by atoms with Gasteiger partial charge >= 0.3 is 43.0 Å². The topological polar surface area (TPSA) is 302 Å². The van der Waals surface area contributed by atoms with Crippen LogP contribution in [-0.4, -0.2) is 153 Å². The van der Waals surface area contributed by atoms with Crippen LogP contribution in [0, 0.1) is 34.6 Å². The highest BCUT2D eigenvalue weighted by atomic mass is 19.4. The number of amides is 12. The number of anilines is 4. The van der Waals surface area contributed by atoms with Crippen molar-refractivity contribution in [2.75, 3.05) is 33.7 Å². The Morgan fingerprint density at radius 1 is 0.271 bits per heavy atom. The summed E-state index contributed by atoms with van der Waals surface area (Å²) in [6.45, 7) is 6.68. The summed E-state index contributed by atoms with van der Waals surface area (Å²) in [5.41, 5.74) is -34.4. The highest BCUT2D eigenvalue weighted by molar-refractivity contribution is 6.39. The average molecular weight is 1800 g/mol. The molecule has 10 aromatic carbocycles. The molecule has 0 bridgehead atoms. The summed E-state index contributed by atoms with van der Waals surface area (Å²) in [6.07, 6.45) is -37.6. The number of aryl methyl sites for hydroxylation is 4. The summed E-state index contributed by atoms with van der Waals surface area (Å²) in [5, 5.41) is 30.3. The predicted molar refractivity (Wildman–Crippen MR) is 413 cm³/mol. The quantitative estimate of drug-likeness (QED) is 0.0756. The molecule has 0 unspecified atom stereocenters. The Hall–Kier alpha value is -15.2. The number of rotatable bonds is 12. The van der Waals surface area contributed by atoms with Crippen molar-refractivity contribution in [1.29, 1.82) is 0 Å². The standard InChI is InChI=1S/C56H32F12N4O10.C33H20F6N2O6/c1-22-14-26(50(81)82)17-31(15-22)70-44(75)33-11-7-28(19-37(33)47(70)78)52(55(63,64)65,56(66,67)68)30-9-13-35-39(21-30)49(80)72(46(35)77)41-24(3)16-23(2)40(25(41)4)71-45(76)34-12-8-29(20-38(34)48(71)79)51(53(57,58)59,54(60,61)62)27-6-10-32-36(18-27)43(74)69(5)42(32)73;1-15-3-4-16(11-25(15)42)17-5-10-24(26(43)12-17)41-29(46)21-9-7-19(14-23(21)30(41)47)31(32(34,35)36,33(37,38)39)18-6-8-20-22(13-18)28(45)40(2)27(20)44/h6-21H,1-5H3,(H,81,82);3-14,42-43H,1-2H3. The molecule has 12 amide bonds. The normalized spacial score (nSPS) is 15.5. The molecule has 6 aliphatic rings. The van der Waals surface area contributed by atoms with Crippen molar-refractivity contribution < 1.29 is 157 Å². The molecule has 0 aromatic heterocycles. The van der Waals surface area contributed by atoms with Gasteiger partial charge in [-0.2, -0.15) is 79.0 Å². The first kappa shape index (κ1) is 88.7. The minimum Gasteiger partial charge on any atom is -0.508 e. The molecule has 0 saturated carbocycles. The molecule has 129 heavy (non-hydrogen) atoms. The molecular formula is C89H52F18N6O16. The van der Waals surface area contributed by atoms with Crippen molar-refractivity contribution in [3.63, 3.8) is 0 Å². The first-order chi connectivity index (χ1) is 59.8. The fourth-order valence-electron chi connectivity index (χ4n) is 17.4. The van der Waals surface area contributed by atoms with Crippen LogP contribution < -0.4 is 19.6 Å². The number of aromatic carboxylic acids is 1. The fraction of sp³-hybridized carbons (Fsp3) is 0.180. The molecule has 6 heterocycles. The largest absolute Gasteiger partial charge is 0.508 e. The Morgan fingerprint density at radius 2 is 0.535 bits per heavy atom. The number of benzene rings is 10. The van der Waals surface area contributed by atoms with Crippen LogP contribution in [0.15, 0.2) is 170 Å². The third-order valence-corrected chi connectivity index (χ3v) is 23.5. The molecule has 16 rings (SSSR count). The highest BCUT2D eigenvalue weighted by Crippen LogP contribution is 2.62. The van der Waals surface area contributed by atoms with Gasteiger partial charge in [-0.3, -0.25) is 67.3 Å². The zero-order chi connectivity index (χ0) is 94.7. The minimum absolute atomic E-state index is 0.0386. The highest BCUT2D eigenvalue weighted by Gasteiger charge is 2.76. The average Bonchev–Trinajstić information content (AvgIpc) is 1.70. The summed E-state index contributed by atoms with van der Waals surface area (Å²) >= 11 is 0. The third-order valence-electron chi connectivity index (χ3n) is 23.5. The molecular weight excluding hydrogens is 1750 g/mol. The number of carboxylic acids is 1. The van der Waals surface area contributed by atoms with Crippen LogP contribution in [0.4, 0.5) is 102 Å². The zero-order valence-corrected chi connectivity index (χ0v) is 66.3. The summed E-state index contributed by atoms with van der Waals surface area (Å²) < 4.78 is 276. The number of carbonyl (C=O) groups is 13. The minimum atomic E-state index is -6.40. The third kappa shape index (κ3) is 12.7. The van der Waals surface area contributed by atoms with Crippen LogP contribution in [0.1, 0.15) is 196 Å². The summed E-state index contributed by atoms with van der Waals surface area (Å²) in [4.78, 5) is 176. The first-order valence-electron chi connectivity index (χ1n) is 37.4. The van der Waals surface area contributed by atoms with Gasteiger partial charge < -0.3 is 15.3 Å².